The topological polar surface area (TPSA) is 40.5 Å². The monoisotopic (exact) mass is 227 g/mol. The van der Waals surface area contributed by atoms with E-state index in [0.717, 1.165) is 5.92 Å². The van der Waals surface area contributed by atoms with Crippen molar-refractivity contribution < 1.29 is 9.90 Å². The lowest BCUT2D eigenvalue weighted by Crippen LogP contribution is -2.34. The number of aliphatic carboxylic acids is 1. The third kappa shape index (κ3) is 5.91. The summed E-state index contributed by atoms with van der Waals surface area (Å²) in [6.45, 7) is 7.64. The Kier molecular flexibility index (Phi) is 7.90. The normalized spacial score (nSPS) is 23.8. The third-order valence-electron chi connectivity index (χ3n) is 3.10. The predicted molar refractivity (Wildman–Crippen MR) is 67.6 cm³/mol. The van der Waals surface area contributed by atoms with Crippen molar-refractivity contribution in [1.82, 2.24) is 4.90 Å². The Labute approximate surface area is 99.1 Å². The molecular formula is C13H25NO2. The zero-order chi connectivity index (χ0) is 12.6. The predicted octanol–water partition coefficient (Wildman–Crippen LogP) is 2.77. The Morgan fingerprint density at radius 2 is 2.12 bits per heavy atom. The lowest BCUT2D eigenvalue weighted by molar-refractivity contribution is -0.138. The smallest absolute Gasteiger partial charge is 0.317 e. The molecule has 1 aliphatic carbocycles. The first-order valence-electron chi connectivity index (χ1n) is 6.04. The van der Waals surface area contributed by atoms with E-state index >= 15 is 0 Å². The quantitative estimate of drug-likeness (QED) is 0.751. The summed E-state index contributed by atoms with van der Waals surface area (Å²) in [5.41, 5.74) is 0. The van der Waals surface area contributed by atoms with Gasteiger partial charge in [0.05, 0.1) is 6.54 Å². The molecule has 2 unspecified atom stereocenters. The molecule has 0 heterocycles. The second-order valence-electron chi connectivity index (χ2n) is 4.46. The minimum absolute atomic E-state index is 0.182. The molecule has 0 amide bonds. The molecule has 1 fully saturated rings. The maximum Gasteiger partial charge on any atom is 0.317 e. The zero-order valence-electron chi connectivity index (χ0n) is 10.8. The van der Waals surface area contributed by atoms with E-state index in [1.807, 2.05) is 18.9 Å². The van der Waals surface area contributed by atoms with Crippen LogP contribution >= 0.6 is 0 Å². The highest BCUT2D eigenvalue weighted by molar-refractivity contribution is 5.69. The number of carbonyl (C=O) groups is 1. The summed E-state index contributed by atoms with van der Waals surface area (Å²) in [6.07, 6.45) is 6.60. The molecular weight excluding hydrogens is 202 g/mol. The summed E-state index contributed by atoms with van der Waals surface area (Å²) >= 11 is 0. The average Bonchev–Trinajstić information content (AvgIpc) is 2.66. The van der Waals surface area contributed by atoms with Crippen LogP contribution in [0.25, 0.3) is 0 Å². The molecule has 0 aliphatic heterocycles. The first-order chi connectivity index (χ1) is 7.54. The third-order valence-corrected chi connectivity index (χ3v) is 3.10. The van der Waals surface area contributed by atoms with Crippen LogP contribution in [0.3, 0.4) is 0 Å². The number of hydrogen-bond donors (Lipinski definition) is 1. The van der Waals surface area contributed by atoms with E-state index in [2.05, 4.69) is 13.5 Å². The number of rotatable bonds is 4. The maximum atomic E-state index is 10.5. The molecule has 94 valence electrons. The van der Waals surface area contributed by atoms with Gasteiger partial charge in [-0.1, -0.05) is 19.4 Å². The van der Waals surface area contributed by atoms with Crippen molar-refractivity contribution >= 4 is 5.97 Å². The van der Waals surface area contributed by atoms with Crippen molar-refractivity contribution in [3.8, 4) is 0 Å². The molecule has 0 bridgehead atoms. The van der Waals surface area contributed by atoms with Crippen LogP contribution in [-0.4, -0.2) is 35.6 Å². The van der Waals surface area contributed by atoms with Crippen molar-refractivity contribution in [2.75, 3.05) is 13.6 Å². The minimum Gasteiger partial charge on any atom is -0.480 e. The van der Waals surface area contributed by atoms with Gasteiger partial charge < -0.3 is 5.11 Å². The van der Waals surface area contributed by atoms with Gasteiger partial charge in [-0.3, -0.25) is 9.69 Å². The molecule has 0 aromatic rings. The van der Waals surface area contributed by atoms with Crippen LogP contribution in [0.15, 0.2) is 12.7 Å². The van der Waals surface area contributed by atoms with E-state index in [0.29, 0.717) is 6.04 Å². The van der Waals surface area contributed by atoms with Gasteiger partial charge >= 0.3 is 5.97 Å². The largest absolute Gasteiger partial charge is 0.480 e. The SMILES string of the molecule is C=CC.CCC1CCC(N(C)CC(=O)O)C1. The number of hydrogen-bond acceptors (Lipinski definition) is 2. The van der Waals surface area contributed by atoms with Crippen LogP contribution < -0.4 is 0 Å². The van der Waals surface area contributed by atoms with Gasteiger partial charge in [-0.25, -0.2) is 0 Å². The molecule has 0 spiro atoms. The first kappa shape index (κ1) is 15.2. The number of carboxylic acids is 1. The van der Waals surface area contributed by atoms with Crippen molar-refractivity contribution in [2.24, 2.45) is 5.92 Å². The second-order valence-corrected chi connectivity index (χ2v) is 4.46. The van der Waals surface area contributed by atoms with E-state index in [-0.39, 0.29) is 6.54 Å². The summed E-state index contributed by atoms with van der Waals surface area (Å²) in [5.74, 6) is 0.101. The Morgan fingerprint density at radius 1 is 1.56 bits per heavy atom. The fourth-order valence-corrected chi connectivity index (χ4v) is 2.16. The van der Waals surface area contributed by atoms with Crippen molar-refractivity contribution in [3.63, 3.8) is 0 Å². The Bertz CT molecular complexity index is 216. The maximum absolute atomic E-state index is 10.5. The fourth-order valence-electron chi connectivity index (χ4n) is 2.16. The highest BCUT2D eigenvalue weighted by atomic mass is 16.4. The van der Waals surface area contributed by atoms with Crippen molar-refractivity contribution in [1.29, 1.82) is 0 Å². The van der Waals surface area contributed by atoms with Gasteiger partial charge in [0.15, 0.2) is 0 Å². The first-order valence-corrected chi connectivity index (χ1v) is 6.04. The van der Waals surface area contributed by atoms with Crippen LogP contribution in [0.5, 0.6) is 0 Å². The van der Waals surface area contributed by atoms with Gasteiger partial charge in [-0.15, -0.1) is 6.58 Å². The lowest BCUT2D eigenvalue weighted by atomic mass is 10.1. The van der Waals surface area contributed by atoms with Gasteiger partial charge in [0.2, 0.25) is 0 Å². The standard InChI is InChI=1S/C10H19NO2.C3H6/c1-3-8-4-5-9(6-8)11(2)7-10(12)13;1-3-2/h8-9H,3-7H2,1-2H3,(H,12,13);3H,1H2,2H3. The fraction of sp³-hybridized carbons (Fsp3) is 0.769. The van der Waals surface area contributed by atoms with Gasteiger partial charge in [0.25, 0.3) is 0 Å². The van der Waals surface area contributed by atoms with Gasteiger partial charge in [0, 0.05) is 6.04 Å². The van der Waals surface area contributed by atoms with Crippen LogP contribution in [0, 0.1) is 5.92 Å². The summed E-state index contributed by atoms with van der Waals surface area (Å²) < 4.78 is 0. The second kappa shape index (κ2) is 8.34. The van der Waals surface area contributed by atoms with E-state index < -0.39 is 5.97 Å². The van der Waals surface area contributed by atoms with Crippen molar-refractivity contribution in [2.45, 2.75) is 45.6 Å². The molecule has 1 saturated carbocycles. The molecule has 0 radical (unpaired) electrons. The lowest BCUT2D eigenvalue weighted by Gasteiger charge is -2.22. The van der Waals surface area contributed by atoms with Crippen LogP contribution in [0.4, 0.5) is 0 Å². The highest BCUT2D eigenvalue weighted by Crippen LogP contribution is 2.30. The summed E-state index contributed by atoms with van der Waals surface area (Å²) in [5, 5.41) is 8.63. The zero-order valence-corrected chi connectivity index (χ0v) is 10.8. The minimum atomic E-state index is -0.720. The van der Waals surface area contributed by atoms with Crippen LogP contribution in [0.2, 0.25) is 0 Å². The molecule has 3 heteroatoms. The number of carboxylic acid groups (broad SMARTS) is 1. The van der Waals surface area contributed by atoms with Gasteiger partial charge in [-0.05, 0) is 39.2 Å². The van der Waals surface area contributed by atoms with E-state index in [1.165, 1.54) is 25.7 Å². The summed E-state index contributed by atoms with van der Waals surface area (Å²) in [4.78, 5) is 12.4. The molecule has 1 rings (SSSR count). The average molecular weight is 227 g/mol. The highest BCUT2D eigenvalue weighted by Gasteiger charge is 2.26. The number of likely N-dealkylation sites (N-methyl/N-ethyl adjacent to an activating group) is 1. The molecule has 3 nitrogen and oxygen atoms in total. The summed E-state index contributed by atoms with van der Waals surface area (Å²) in [7, 11) is 1.91. The molecule has 0 saturated heterocycles. The molecule has 0 aromatic heterocycles. The van der Waals surface area contributed by atoms with Gasteiger partial charge in [0.1, 0.15) is 0 Å². The molecule has 0 aromatic carbocycles. The van der Waals surface area contributed by atoms with E-state index in [4.69, 9.17) is 5.11 Å². The summed E-state index contributed by atoms with van der Waals surface area (Å²) in [6, 6.07) is 0.501. The van der Waals surface area contributed by atoms with Crippen LogP contribution in [-0.2, 0) is 4.79 Å². The Morgan fingerprint density at radius 3 is 2.50 bits per heavy atom. The molecule has 2 atom stereocenters. The Balaban J connectivity index is 0.000000673. The molecule has 16 heavy (non-hydrogen) atoms. The number of nitrogens with zero attached hydrogens (tertiary/aromatic N) is 1. The van der Waals surface area contributed by atoms with Gasteiger partial charge in [-0.2, -0.15) is 0 Å². The number of allylic oxidation sites excluding steroid dienone is 1. The van der Waals surface area contributed by atoms with E-state index in [9.17, 15) is 4.79 Å². The molecule has 1 N–H and O–H groups in total. The van der Waals surface area contributed by atoms with Crippen molar-refractivity contribution in [3.05, 3.63) is 12.7 Å². The van der Waals surface area contributed by atoms with E-state index in [1.54, 1.807) is 6.08 Å². The van der Waals surface area contributed by atoms with Crippen LogP contribution in [0.1, 0.15) is 39.5 Å². The molecule has 1 aliphatic rings. The Hall–Kier alpha value is -0.830.